The molecule has 6 heteroatoms. The fourth-order valence-electron chi connectivity index (χ4n) is 2.26. The molecule has 0 spiro atoms. The zero-order valence-corrected chi connectivity index (χ0v) is 14.6. The maximum Gasteiger partial charge on any atom is 0.255 e. The molecule has 2 aromatic carbocycles. The minimum Gasteiger partial charge on any atom is -0.506 e. The van der Waals surface area contributed by atoms with E-state index in [1.807, 2.05) is 13.8 Å². The lowest BCUT2D eigenvalue weighted by molar-refractivity contribution is 0.102. The average Bonchev–Trinajstić information content (AvgIpc) is 2.61. The van der Waals surface area contributed by atoms with Gasteiger partial charge in [-0.25, -0.2) is 0 Å². The molecule has 1 unspecified atom stereocenters. The molecular weight excluding hydrogens is 320 g/mol. The van der Waals surface area contributed by atoms with Crippen molar-refractivity contribution in [2.75, 3.05) is 19.0 Å². The van der Waals surface area contributed by atoms with Gasteiger partial charge in [0.05, 0.1) is 18.9 Å². The number of phenolic OH excluding ortho intramolecular Hbond substituents is 1. The summed E-state index contributed by atoms with van der Waals surface area (Å²) in [5.74, 6) is 0.238. The largest absolute Gasteiger partial charge is 0.506 e. The Morgan fingerprint density at radius 1 is 1.16 bits per heavy atom. The fraction of sp³-hybridized carbons (Fsp3) is 0.316. The molecule has 2 rings (SSSR count). The number of aromatic hydroxyl groups is 1. The molecule has 0 aromatic heterocycles. The second-order valence-electron chi connectivity index (χ2n) is 6.04. The van der Waals surface area contributed by atoms with Crippen LogP contribution in [-0.2, 0) is 0 Å². The first-order valence-corrected chi connectivity index (χ1v) is 8.10. The Bertz CT molecular complexity index is 714. The second kappa shape index (κ2) is 8.50. The number of hydrogen-bond donors (Lipinski definition) is 4. The van der Waals surface area contributed by atoms with E-state index in [1.165, 1.54) is 6.07 Å². The van der Waals surface area contributed by atoms with Crippen molar-refractivity contribution in [3.8, 4) is 11.5 Å². The van der Waals surface area contributed by atoms with Crippen molar-refractivity contribution in [3.05, 3.63) is 53.6 Å². The van der Waals surface area contributed by atoms with Crippen molar-refractivity contribution in [1.82, 2.24) is 5.32 Å². The van der Waals surface area contributed by atoms with Gasteiger partial charge in [-0.15, -0.1) is 0 Å². The van der Waals surface area contributed by atoms with Crippen LogP contribution in [0.3, 0.4) is 0 Å². The number of hydrogen-bond acceptors (Lipinski definition) is 5. The maximum absolute atomic E-state index is 12.3. The van der Waals surface area contributed by atoms with Crippen molar-refractivity contribution < 1.29 is 19.7 Å². The summed E-state index contributed by atoms with van der Waals surface area (Å²) in [4.78, 5) is 12.3. The first kappa shape index (κ1) is 18.8. The highest BCUT2D eigenvalue weighted by molar-refractivity contribution is 6.05. The number of methoxy groups -OCH3 is 1. The third-order valence-electron chi connectivity index (χ3n) is 3.73. The minimum absolute atomic E-state index is 0.0605. The van der Waals surface area contributed by atoms with Gasteiger partial charge in [0.15, 0.2) is 0 Å². The van der Waals surface area contributed by atoms with E-state index in [0.717, 1.165) is 0 Å². The number of aliphatic hydroxyl groups excluding tert-OH is 1. The maximum atomic E-state index is 12.3. The van der Waals surface area contributed by atoms with Crippen molar-refractivity contribution in [2.24, 2.45) is 0 Å². The first-order chi connectivity index (χ1) is 11.9. The Labute approximate surface area is 147 Å². The van der Waals surface area contributed by atoms with Crippen LogP contribution in [0.1, 0.15) is 35.9 Å². The molecule has 0 saturated carbocycles. The number of ether oxygens (including phenoxy) is 1. The van der Waals surface area contributed by atoms with Crippen LogP contribution in [0.15, 0.2) is 42.5 Å². The summed E-state index contributed by atoms with van der Waals surface area (Å²) < 4.78 is 5.06. The number of amides is 1. The second-order valence-corrected chi connectivity index (χ2v) is 6.04. The molecule has 1 amide bonds. The van der Waals surface area contributed by atoms with E-state index < -0.39 is 6.10 Å². The lowest BCUT2D eigenvalue weighted by Crippen LogP contribution is -2.27. The number of aliphatic hydroxyl groups is 1. The van der Waals surface area contributed by atoms with Crippen LogP contribution in [-0.4, -0.2) is 35.8 Å². The molecule has 0 heterocycles. The smallest absolute Gasteiger partial charge is 0.255 e. The monoisotopic (exact) mass is 344 g/mol. The van der Waals surface area contributed by atoms with Crippen LogP contribution in [0, 0.1) is 0 Å². The van der Waals surface area contributed by atoms with Crippen LogP contribution >= 0.6 is 0 Å². The predicted molar refractivity (Wildman–Crippen MR) is 97.2 cm³/mol. The summed E-state index contributed by atoms with van der Waals surface area (Å²) in [7, 11) is 1.55. The highest BCUT2D eigenvalue weighted by Gasteiger charge is 2.13. The van der Waals surface area contributed by atoms with Crippen LogP contribution < -0.4 is 15.4 Å². The molecule has 0 radical (unpaired) electrons. The summed E-state index contributed by atoms with van der Waals surface area (Å²) >= 11 is 0. The summed E-state index contributed by atoms with van der Waals surface area (Å²) in [6.07, 6.45) is -0.736. The van der Waals surface area contributed by atoms with Crippen molar-refractivity contribution >= 4 is 11.6 Å². The summed E-state index contributed by atoms with van der Waals surface area (Å²) in [5, 5.41) is 26.0. The molecule has 0 bridgehead atoms. The van der Waals surface area contributed by atoms with Crippen molar-refractivity contribution in [2.45, 2.75) is 26.0 Å². The summed E-state index contributed by atoms with van der Waals surface area (Å²) in [5.41, 5.74) is 1.30. The Balaban J connectivity index is 2.12. The molecular formula is C19H24N2O4. The number of phenols is 1. The zero-order valence-electron chi connectivity index (χ0n) is 14.6. The van der Waals surface area contributed by atoms with Gasteiger partial charge in [-0.2, -0.15) is 0 Å². The summed E-state index contributed by atoms with van der Waals surface area (Å²) in [6.45, 7) is 4.36. The van der Waals surface area contributed by atoms with Gasteiger partial charge in [-0.05, 0) is 42.0 Å². The zero-order chi connectivity index (χ0) is 18.4. The number of nitrogens with one attached hydrogen (secondary N) is 2. The lowest BCUT2D eigenvalue weighted by atomic mass is 10.1. The first-order valence-electron chi connectivity index (χ1n) is 8.10. The van der Waals surface area contributed by atoms with Gasteiger partial charge in [0, 0.05) is 18.2 Å². The standard InChI is InChI=1S/C19H24N2O4/c1-12(2)20-11-18(23)14-6-9-17(22)16(10-14)21-19(24)13-4-7-15(25-3)8-5-13/h4-10,12,18,20,22-23H,11H2,1-3H3,(H,21,24). The Kier molecular flexibility index (Phi) is 6.38. The Morgan fingerprint density at radius 3 is 2.44 bits per heavy atom. The molecule has 0 saturated heterocycles. The quantitative estimate of drug-likeness (QED) is 0.580. The lowest BCUT2D eigenvalue weighted by Gasteiger charge is -2.16. The topological polar surface area (TPSA) is 90.8 Å². The van der Waals surface area contributed by atoms with E-state index in [9.17, 15) is 15.0 Å². The van der Waals surface area contributed by atoms with E-state index in [-0.39, 0.29) is 23.4 Å². The molecule has 4 N–H and O–H groups in total. The third-order valence-corrected chi connectivity index (χ3v) is 3.73. The van der Waals surface area contributed by atoms with Crippen LogP contribution in [0.5, 0.6) is 11.5 Å². The van der Waals surface area contributed by atoms with E-state index in [4.69, 9.17) is 4.74 Å². The molecule has 2 aromatic rings. The fourth-order valence-corrected chi connectivity index (χ4v) is 2.26. The van der Waals surface area contributed by atoms with Crippen molar-refractivity contribution in [1.29, 1.82) is 0 Å². The average molecular weight is 344 g/mol. The molecule has 0 fully saturated rings. The highest BCUT2D eigenvalue weighted by atomic mass is 16.5. The number of carbonyl (C=O) groups is 1. The van der Waals surface area contributed by atoms with Crippen molar-refractivity contribution in [3.63, 3.8) is 0 Å². The molecule has 0 aliphatic rings. The number of anilines is 1. The molecule has 6 nitrogen and oxygen atoms in total. The molecule has 0 aliphatic carbocycles. The van der Waals surface area contributed by atoms with Gasteiger partial charge in [0.25, 0.3) is 5.91 Å². The Hall–Kier alpha value is -2.57. The molecule has 134 valence electrons. The molecule has 0 aliphatic heterocycles. The van der Waals surface area contributed by atoms with E-state index in [2.05, 4.69) is 10.6 Å². The van der Waals surface area contributed by atoms with Gasteiger partial charge >= 0.3 is 0 Å². The van der Waals surface area contributed by atoms with Crippen LogP contribution in [0.4, 0.5) is 5.69 Å². The van der Waals surface area contributed by atoms with E-state index in [0.29, 0.717) is 23.4 Å². The van der Waals surface area contributed by atoms with Gasteiger partial charge in [-0.1, -0.05) is 19.9 Å². The number of benzene rings is 2. The van der Waals surface area contributed by atoms with Gasteiger partial charge in [-0.3, -0.25) is 4.79 Å². The SMILES string of the molecule is COc1ccc(C(=O)Nc2cc(C(O)CNC(C)C)ccc2O)cc1. The normalized spacial score (nSPS) is 12.0. The van der Waals surface area contributed by atoms with Gasteiger partial charge < -0.3 is 25.6 Å². The Morgan fingerprint density at radius 2 is 1.84 bits per heavy atom. The number of rotatable bonds is 7. The highest BCUT2D eigenvalue weighted by Crippen LogP contribution is 2.27. The molecule has 25 heavy (non-hydrogen) atoms. The minimum atomic E-state index is -0.736. The van der Waals surface area contributed by atoms with Crippen LogP contribution in [0.25, 0.3) is 0 Å². The number of carbonyl (C=O) groups excluding carboxylic acids is 1. The summed E-state index contributed by atoms with van der Waals surface area (Å²) in [6, 6.07) is 11.6. The van der Waals surface area contributed by atoms with Crippen LogP contribution in [0.2, 0.25) is 0 Å². The van der Waals surface area contributed by atoms with Gasteiger partial charge in [0.1, 0.15) is 11.5 Å². The predicted octanol–water partition coefficient (Wildman–Crippen LogP) is 2.68. The molecule has 1 atom stereocenters. The van der Waals surface area contributed by atoms with E-state index >= 15 is 0 Å². The third kappa shape index (κ3) is 5.20. The van der Waals surface area contributed by atoms with Gasteiger partial charge in [0.2, 0.25) is 0 Å². The van der Waals surface area contributed by atoms with E-state index in [1.54, 1.807) is 43.5 Å².